The lowest BCUT2D eigenvalue weighted by molar-refractivity contribution is 0.620. The Labute approximate surface area is 136 Å². The first kappa shape index (κ1) is 14.6. The Hall–Kier alpha value is -3.35. The molecule has 2 aromatic carbocycles. The molecule has 0 fully saturated rings. The number of hydrogen-bond donors (Lipinski definition) is 1. The molecule has 0 unspecified atom stereocenters. The Balaban J connectivity index is 1.98. The van der Waals surface area contributed by atoms with E-state index in [0.29, 0.717) is 27.7 Å². The number of benzene rings is 2. The highest BCUT2D eigenvalue weighted by Crippen LogP contribution is 2.30. The normalized spacial score (nSPS) is 9.87. The summed E-state index contributed by atoms with van der Waals surface area (Å²) in [6, 6.07) is 15.8. The average molecular weight is 322 g/mol. The fourth-order valence-corrected chi connectivity index (χ4v) is 2.09. The molecular weight excluding hydrogens is 314 g/mol. The Morgan fingerprint density at radius 3 is 2.70 bits per heavy atom. The van der Waals surface area contributed by atoms with Gasteiger partial charge in [-0.15, -0.1) is 0 Å². The second kappa shape index (κ2) is 6.18. The van der Waals surface area contributed by atoms with Crippen LogP contribution in [-0.4, -0.2) is 10.7 Å². The molecule has 0 aliphatic heterocycles. The van der Waals surface area contributed by atoms with Gasteiger partial charge in [0.15, 0.2) is 5.58 Å². The van der Waals surface area contributed by atoms with E-state index in [0.717, 1.165) is 5.52 Å². The number of nitriles is 2. The second-order valence-corrected chi connectivity index (χ2v) is 4.88. The quantitative estimate of drug-likeness (QED) is 0.581. The minimum absolute atomic E-state index is 0.298. The fourth-order valence-electron chi connectivity index (χ4n) is 1.93. The van der Waals surface area contributed by atoms with Crippen molar-refractivity contribution in [3.05, 3.63) is 47.5 Å². The molecular formula is C16H8ClN5O. The van der Waals surface area contributed by atoms with Crippen LogP contribution in [0.4, 0.5) is 5.69 Å². The largest absolute Gasteiger partial charge is 0.436 e. The number of nitrogens with zero attached hydrogens (tertiary/aromatic N) is 4. The third kappa shape index (κ3) is 2.98. The van der Waals surface area contributed by atoms with Crippen LogP contribution in [-0.2, 0) is 0 Å². The van der Waals surface area contributed by atoms with Gasteiger partial charge in [0.25, 0.3) is 0 Å². The van der Waals surface area contributed by atoms with Crippen LogP contribution < -0.4 is 5.43 Å². The van der Waals surface area contributed by atoms with Gasteiger partial charge in [0.1, 0.15) is 17.7 Å². The zero-order valence-corrected chi connectivity index (χ0v) is 12.4. The number of anilines is 1. The summed E-state index contributed by atoms with van der Waals surface area (Å²) in [5.41, 5.74) is 4.87. The van der Waals surface area contributed by atoms with Gasteiger partial charge in [0, 0.05) is 5.56 Å². The molecule has 1 heterocycles. The summed E-state index contributed by atoms with van der Waals surface area (Å²) in [4.78, 5) is 4.40. The van der Waals surface area contributed by atoms with E-state index in [1.165, 1.54) is 0 Å². The number of hydrazone groups is 1. The summed E-state index contributed by atoms with van der Waals surface area (Å²) >= 11 is 6.08. The van der Waals surface area contributed by atoms with Crippen molar-refractivity contribution in [2.75, 3.05) is 5.43 Å². The molecule has 0 aliphatic rings. The SMILES string of the molecule is N#CC(C#N)=NNc1cc(-c2nc3ccccc3o2)ccc1Cl. The topological polar surface area (TPSA) is 98.0 Å². The van der Waals surface area contributed by atoms with Crippen LogP contribution in [0.5, 0.6) is 0 Å². The number of fused-ring (bicyclic) bond motifs is 1. The van der Waals surface area contributed by atoms with Gasteiger partial charge in [-0.2, -0.15) is 15.6 Å². The zero-order valence-electron chi connectivity index (χ0n) is 11.6. The van der Waals surface area contributed by atoms with Gasteiger partial charge in [-0.25, -0.2) is 4.98 Å². The van der Waals surface area contributed by atoms with Gasteiger partial charge in [0.05, 0.1) is 10.7 Å². The maximum absolute atomic E-state index is 8.69. The first-order valence-electron chi connectivity index (χ1n) is 6.50. The third-order valence-corrected chi connectivity index (χ3v) is 3.34. The Morgan fingerprint density at radius 1 is 1.17 bits per heavy atom. The van der Waals surface area contributed by atoms with Gasteiger partial charge < -0.3 is 4.42 Å². The molecule has 6 nitrogen and oxygen atoms in total. The predicted octanol–water partition coefficient (Wildman–Crippen LogP) is 3.96. The van der Waals surface area contributed by atoms with E-state index in [1.807, 2.05) is 24.3 Å². The predicted molar refractivity (Wildman–Crippen MR) is 86.7 cm³/mol. The van der Waals surface area contributed by atoms with E-state index in [2.05, 4.69) is 15.5 Å². The Kier molecular flexibility index (Phi) is 3.92. The zero-order chi connectivity index (χ0) is 16.2. The van der Waals surface area contributed by atoms with Crippen LogP contribution in [0.1, 0.15) is 0 Å². The molecule has 0 spiro atoms. The lowest BCUT2D eigenvalue weighted by atomic mass is 10.2. The number of nitrogens with one attached hydrogen (secondary N) is 1. The van der Waals surface area contributed by atoms with Crippen LogP contribution in [0, 0.1) is 22.7 Å². The molecule has 7 heteroatoms. The molecule has 0 bridgehead atoms. The smallest absolute Gasteiger partial charge is 0.237 e. The molecule has 23 heavy (non-hydrogen) atoms. The molecule has 3 aromatic rings. The molecule has 0 saturated carbocycles. The summed E-state index contributed by atoms with van der Waals surface area (Å²) in [6.07, 6.45) is 0. The first-order valence-corrected chi connectivity index (χ1v) is 6.88. The van der Waals surface area contributed by atoms with Crippen molar-refractivity contribution in [1.82, 2.24) is 4.98 Å². The lowest BCUT2D eigenvalue weighted by Crippen LogP contribution is -1.97. The first-order chi connectivity index (χ1) is 11.2. The van der Waals surface area contributed by atoms with Crippen molar-refractivity contribution in [1.29, 1.82) is 10.5 Å². The van der Waals surface area contributed by atoms with Gasteiger partial charge in [-0.1, -0.05) is 23.7 Å². The van der Waals surface area contributed by atoms with E-state index in [4.69, 9.17) is 26.5 Å². The van der Waals surface area contributed by atoms with Crippen LogP contribution in [0.25, 0.3) is 22.6 Å². The van der Waals surface area contributed by atoms with Crippen LogP contribution in [0.2, 0.25) is 5.02 Å². The highest BCUT2D eigenvalue weighted by atomic mass is 35.5. The number of rotatable bonds is 3. The summed E-state index contributed by atoms with van der Waals surface area (Å²) in [7, 11) is 0. The highest BCUT2D eigenvalue weighted by Gasteiger charge is 2.10. The van der Waals surface area contributed by atoms with Crippen molar-refractivity contribution < 1.29 is 4.42 Å². The number of aromatic nitrogens is 1. The van der Waals surface area contributed by atoms with E-state index in [9.17, 15) is 0 Å². The summed E-state index contributed by atoms with van der Waals surface area (Å²) in [6.45, 7) is 0. The van der Waals surface area contributed by atoms with Gasteiger partial charge >= 0.3 is 0 Å². The highest BCUT2D eigenvalue weighted by molar-refractivity contribution is 6.33. The number of para-hydroxylation sites is 2. The van der Waals surface area contributed by atoms with Gasteiger partial charge in [-0.05, 0) is 30.3 Å². The molecule has 3 rings (SSSR count). The maximum Gasteiger partial charge on any atom is 0.237 e. The summed E-state index contributed by atoms with van der Waals surface area (Å²) in [5.74, 6) is 0.440. The van der Waals surface area contributed by atoms with Gasteiger partial charge in [-0.3, -0.25) is 5.43 Å². The molecule has 0 atom stereocenters. The molecule has 0 aliphatic carbocycles. The molecule has 0 amide bonds. The number of hydrogen-bond acceptors (Lipinski definition) is 6. The molecule has 0 radical (unpaired) electrons. The van der Waals surface area contributed by atoms with E-state index < -0.39 is 0 Å². The fraction of sp³-hybridized carbons (Fsp3) is 0. The lowest BCUT2D eigenvalue weighted by Gasteiger charge is -2.04. The summed E-state index contributed by atoms with van der Waals surface area (Å²) < 4.78 is 5.69. The number of halogens is 1. The van der Waals surface area contributed by atoms with Gasteiger partial charge in [0.2, 0.25) is 11.6 Å². The number of oxazole rings is 1. The monoisotopic (exact) mass is 321 g/mol. The van der Waals surface area contributed by atoms with Crippen LogP contribution in [0.15, 0.2) is 52.0 Å². The minimum Gasteiger partial charge on any atom is -0.436 e. The van der Waals surface area contributed by atoms with Crippen LogP contribution in [0.3, 0.4) is 0 Å². The van der Waals surface area contributed by atoms with E-state index in [1.54, 1.807) is 30.3 Å². The molecule has 1 aromatic heterocycles. The maximum atomic E-state index is 8.69. The average Bonchev–Trinajstić information content (AvgIpc) is 3.01. The Morgan fingerprint density at radius 2 is 1.96 bits per heavy atom. The molecule has 110 valence electrons. The second-order valence-electron chi connectivity index (χ2n) is 4.48. The summed E-state index contributed by atoms with van der Waals surface area (Å²) in [5, 5.41) is 21.4. The Bertz CT molecular complexity index is 945. The van der Waals surface area contributed by atoms with E-state index >= 15 is 0 Å². The van der Waals surface area contributed by atoms with Crippen molar-refractivity contribution in [2.24, 2.45) is 5.10 Å². The molecule has 1 N–H and O–H groups in total. The van der Waals surface area contributed by atoms with E-state index in [-0.39, 0.29) is 5.71 Å². The third-order valence-electron chi connectivity index (χ3n) is 3.01. The van der Waals surface area contributed by atoms with Crippen molar-refractivity contribution >= 4 is 34.1 Å². The van der Waals surface area contributed by atoms with Crippen LogP contribution >= 0.6 is 11.6 Å². The standard InChI is InChI=1S/C16H8ClN5O/c17-12-6-5-10(7-14(12)22-21-11(8-18)9-19)16-20-13-3-1-2-4-15(13)23-16/h1-7,22H. The minimum atomic E-state index is -0.298. The van der Waals surface area contributed by atoms with Crippen molar-refractivity contribution in [3.63, 3.8) is 0 Å². The van der Waals surface area contributed by atoms with Crippen molar-refractivity contribution in [3.8, 4) is 23.6 Å². The molecule has 0 saturated heterocycles. The van der Waals surface area contributed by atoms with Crippen molar-refractivity contribution in [2.45, 2.75) is 0 Å².